The van der Waals surface area contributed by atoms with Gasteiger partial charge in [-0.1, -0.05) is 18.2 Å². The zero-order chi connectivity index (χ0) is 42.0. The Morgan fingerprint density at radius 3 is 1.10 bits per heavy atom. The highest BCUT2D eigenvalue weighted by atomic mass is 32.1. The third-order valence-corrected chi connectivity index (χ3v) is 16.7. The predicted molar refractivity (Wildman–Crippen MR) is 246 cm³/mol. The van der Waals surface area contributed by atoms with E-state index >= 15 is 0 Å². The molecule has 3 aromatic heterocycles. The van der Waals surface area contributed by atoms with Crippen LogP contribution in [0.2, 0.25) is 0 Å². The average Bonchev–Trinajstić information content (AvgIpc) is 4.11. The highest BCUT2D eigenvalue weighted by molar-refractivity contribution is 7.18. The van der Waals surface area contributed by atoms with Gasteiger partial charge in [0.05, 0.1) is 17.8 Å². The maximum Gasteiger partial charge on any atom is 0.307 e. The van der Waals surface area contributed by atoms with Crippen LogP contribution in [0.3, 0.4) is 0 Å². The van der Waals surface area contributed by atoms with E-state index in [1.54, 1.807) is 34.0 Å². The van der Waals surface area contributed by atoms with Crippen molar-refractivity contribution in [3.8, 4) is 0 Å². The maximum absolute atomic E-state index is 12.5. The van der Waals surface area contributed by atoms with Crippen LogP contribution >= 0.6 is 34.0 Å². The van der Waals surface area contributed by atoms with Crippen molar-refractivity contribution >= 4 is 82.2 Å². The van der Waals surface area contributed by atoms with Gasteiger partial charge in [-0.3, -0.25) is 19.3 Å². The fraction of sp³-hybridized carbons (Fsp3) is 0.438. The van der Waals surface area contributed by atoms with Crippen LogP contribution < -0.4 is 16.0 Å². The smallest absolute Gasteiger partial charge is 0.307 e. The van der Waals surface area contributed by atoms with Gasteiger partial charge in [0.2, 0.25) is 0 Å². The fourth-order valence-electron chi connectivity index (χ4n) is 10.2. The fourth-order valence-corrected chi connectivity index (χ4v) is 13.1. The van der Waals surface area contributed by atoms with Crippen LogP contribution in [-0.4, -0.2) is 77.4 Å². The minimum Gasteiger partial charge on any atom is -0.481 e. The molecule has 0 spiro atoms. The highest BCUT2D eigenvalue weighted by Crippen LogP contribution is 2.36. The Labute approximate surface area is 368 Å². The SMILES string of the molecule is O=C(O)C(Cc1csc2ccc(CN(Cc3ccc4scc(CC(C(=O)O)C5CCNC5)c4c3)Cc3ccc4scc(CC(C(=O)O)C5CCNC5)c4c3)cc12)C1CCNC1. The lowest BCUT2D eigenvalue weighted by Crippen LogP contribution is -2.27. The standard InChI is InChI=1S/C48H54N4O6S3/c53-46(54)40(31-7-10-49-19-31)16-34-25-59-43-4-1-28(13-37(34)43)22-52(23-29-2-5-44-38(14-29)35(26-60-44)17-41(47(55)56)32-8-11-50-20-32)24-30-3-6-45-39(15-30)36(27-61-45)18-42(48(57)58)33-9-12-51-21-33/h1-6,13-15,25-27,31-33,40-42,49-51H,7-12,16-24H2,(H,53,54)(H,55,56)(H,57,58). The van der Waals surface area contributed by atoms with E-state index in [1.165, 1.54) is 0 Å². The molecule has 3 aliphatic rings. The van der Waals surface area contributed by atoms with Gasteiger partial charge in [0, 0.05) is 33.7 Å². The number of carboxylic acid groups (broad SMARTS) is 3. The van der Waals surface area contributed by atoms with Crippen LogP contribution in [0.1, 0.15) is 52.6 Å². The summed E-state index contributed by atoms with van der Waals surface area (Å²) >= 11 is 5.03. The van der Waals surface area contributed by atoms with Crippen molar-refractivity contribution in [1.82, 2.24) is 20.9 Å². The Kier molecular flexibility index (Phi) is 12.9. The van der Waals surface area contributed by atoms with Crippen LogP contribution in [0.15, 0.2) is 70.7 Å². The normalized spacial score (nSPS) is 20.9. The molecule has 0 bridgehead atoms. The molecule has 0 saturated carbocycles. The molecule has 6 unspecified atom stereocenters. The lowest BCUT2D eigenvalue weighted by atomic mass is 9.86. The van der Waals surface area contributed by atoms with E-state index in [-0.39, 0.29) is 17.8 Å². The first kappa shape index (κ1) is 42.1. The molecular weight excluding hydrogens is 825 g/mol. The topological polar surface area (TPSA) is 151 Å². The molecule has 10 nitrogen and oxygen atoms in total. The number of nitrogens with zero attached hydrogens (tertiary/aromatic N) is 1. The second kappa shape index (κ2) is 18.6. The van der Waals surface area contributed by atoms with Crippen LogP contribution in [0.25, 0.3) is 30.3 Å². The number of thiophene rings is 3. The minimum absolute atomic E-state index is 0.123. The van der Waals surface area contributed by atoms with Gasteiger partial charge < -0.3 is 31.3 Å². The van der Waals surface area contributed by atoms with Crippen molar-refractivity contribution in [3.63, 3.8) is 0 Å². The number of benzene rings is 3. The van der Waals surface area contributed by atoms with E-state index in [1.807, 2.05) is 0 Å². The molecule has 6 heterocycles. The summed E-state index contributed by atoms with van der Waals surface area (Å²) < 4.78 is 3.47. The molecule has 3 fully saturated rings. The molecule has 3 saturated heterocycles. The third kappa shape index (κ3) is 9.44. The molecule has 6 atom stereocenters. The Morgan fingerprint density at radius 2 is 0.836 bits per heavy atom. The van der Waals surface area contributed by atoms with Crippen LogP contribution in [0.5, 0.6) is 0 Å². The van der Waals surface area contributed by atoms with E-state index in [4.69, 9.17) is 0 Å². The second-order valence-electron chi connectivity index (χ2n) is 17.6. The van der Waals surface area contributed by atoms with Gasteiger partial charge in [-0.15, -0.1) is 34.0 Å². The molecule has 0 aliphatic carbocycles. The number of aliphatic carboxylic acids is 3. The number of hydrogen-bond donors (Lipinski definition) is 6. The molecule has 6 aromatic rings. The maximum atomic E-state index is 12.5. The summed E-state index contributed by atoms with van der Waals surface area (Å²) in [5.41, 5.74) is 6.75. The molecule has 0 radical (unpaired) electrons. The molecule has 61 heavy (non-hydrogen) atoms. The van der Waals surface area contributed by atoms with Gasteiger partial charge in [-0.2, -0.15) is 0 Å². The van der Waals surface area contributed by atoms with E-state index in [2.05, 4.69) is 91.6 Å². The van der Waals surface area contributed by atoms with Gasteiger partial charge in [0.1, 0.15) is 0 Å². The number of carboxylic acids is 3. The van der Waals surface area contributed by atoms with E-state index < -0.39 is 35.7 Å². The Balaban J connectivity index is 1.02. The third-order valence-electron chi connectivity index (χ3n) is 13.6. The predicted octanol–water partition coefficient (Wildman–Crippen LogP) is 8.09. The van der Waals surface area contributed by atoms with Gasteiger partial charge in [0.25, 0.3) is 0 Å². The van der Waals surface area contributed by atoms with E-state index in [0.29, 0.717) is 38.9 Å². The number of nitrogens with one attached hydrogen (secondary N) is 3. The lowest BCUT2D eigenvalue weighted by Gasteiger charge is -2.24. The Bertz CT molecular complexity index is 2250. The van der Waals surface area contributed by atoms with Crippen LogP contribution in [0, 0.1) is 35.5 Å². The molecule has 13 heteroatoms. The molecule has 0 amide bonds. The largest absolute Gasteiger partial charge is 0.481 e. The first-order valence-electron chi connectivity index (χ1n) is 21.7. The molecule has 320 valence electrons. The summed E-state index contributed by atoms with van der Waals surface area (Å²) in [4.78, 5) is 39.9. The van der Waals surface area contributed by atoms with Gasteiger partial charge >= 0.3 is 17.9 Å². The van der Waals surface area contributed by atoms with Gasteiger partial charge in [-0.25, -0.2) is 0 Å². The summed E-state index contributed by atoms with van der Waals surface area (Å²) in [7, 11) is 0. The molecule has 3 aromatic carbocycles. The van der Waals surface area contributed by atoms with Crippen molar-refractivity contribution in [3.05, 3.63) is 104 Å². The van der Waals surface area contributed by atoms with E-state index in [0.717, 1.165) is 122 Å². The zero-order valence-corrected chi connectivity index (χ0v) is 36.7. The first-order valence-corrected chi connectivity index (χ1v) is 24.3. The summed E-state index contributed by atoms with van der Waals surface area (Å²) in [5, 5.41) is 50.6. The molecule has 6 N–H and O–H groups in total. The number of fused-ring (bicyclic) bond motifs is 3. The highest BCUT2D eigenvalue weighted by Gasteiger charge is 2.34. The van der Waals surface area contributed by atoms with Gasteiger partial charge in [-0.05, 0) is 198 Å². The van der Waals surface area contributed by atoms with Crippen molar-refractivity contribution in [2.45, 2.75) is 58.2 Å². The van der Waals surface area contributed by atoms with Crippen LogP contribution in [0.4, 0.5) is 0 Å². The number of rotatable bonds is 18. The number of hydrogen-bond acceptors (Lipinski definition) is 10. The Morgan fingerprint density at radius 1 is 0.525 bits per heavy atom. The van der Waals surface area contributed by atoms with Gasteiger partial charge in [0.15, 0.2) is 0 Å². The average molecular weight is 879 g/mol. The van der Waals surface area contributed by atoms with Crippen molar-refractivity contribution in [2.24, 2.45) is 35.5 Å². The quantitative estimate of drug-likeness (QED) is 0.0500. The minimum atomic E-state index is -0.727. The van der Waals surface area contributed by atoms with Crippen molar-refractivity contribution < 1.29 is 29.7 Å². The summed E-state index contributed by atoms with van der Waals surface area (Å²) in [6.07, 6.45) is 4.19. The number of carbonyl (C=O) groups is 3. The zero-order valence-electron chi connectivity index (χ0n) is 34.2. The van der Waals surface area contributed by atoms with Crippen molar-refractivity contribution in [2.75, 3.05) is 39.3 Å². The second-order valence-corrected chi connectivity index (χ2v) is 20.4. The van der Waals surface area contributed by atoms with Crippen LogP contribution in [-0.2, 0) is 53.3 Å². The molecular formula is C48H54N4O6S3. The molecule has 9 rings (SSSR count). The lowest BCUT2D eigenvalue weighted by molar-refractivity contribution is -0.144. The van der Waals surface area contributed by atoms with E-state index in [9.17, 15) is 29.7 Å². The summed E-state index contributed by atoms with van der Waals surface area (Å²) in [6, 6.07) is 19.9. The summed E-state index contributed by atoms with van der Waals surface area (Å²) in [5.74, 6) is -3.10. The Hall–Kier alpha value is -4.21. The summed E-state index contributed by atoms with van der Waals surface area (Å²) in [6.45, 7) is 6.80. The monoisotopic (exact) mass is 878 g/mol. The first-order chi connectivity index (χ1) is 29.7. The van der Waals surface area contributed by atoms with Crippen molar-refractivity contribution in [1.29, 1.82) is 0 Å². The molecule has 3 aliphatic heterocycles.